The number of hydrogen-bond acceptors (Lipinski definition) is 7. The van der Waals surface area contributed by atoms with E-state index in [0.717, 1.165) is 16.7 Å². The van der Waals surface area contributed by atoms with Crippen LogP contribution in [0, 0.1) is 0 Å². The zero-order chi connectivity index (χ0) is 26.6. The van der Waals surface area contributed by atoms with Crippen LogP contribution >= 0.6 is 8.38 Å². The molecule has 0 aliphatic carbocycles. The second-order valence-electron chi connectivity index (χ2n) is 8.87. The van der Waals surface area contributed by atoms with Crippen LogP contribution in [0.5, 0.6) is 0 Å². The molecule has 38 heavy (non-hydrogen) atoms. The van der Waals surface area contributed by atoms with Crippen molar-refractivity contribution in [3.8, 4) is 0 Å². The van der Waals surface area contributed by atoms with Gasteiger partial charge in [-0.05, 0) is 23.6 Å². The fourth-order valence-electron chi connectivity index (χ4n) is 4.16. The van der Waals surface area contributed by atoms with Crippen molar-refractivity contribution in [1.82, 2.24) is 0 Å². The summed E-state index contributed by atoms with van der Waals surface area (Å²) in [6.45, 7) is 5.02. The second kappa shape index (κ2) is 15.1. The van der Waals surface area contributed by atoms with Crippen LogP contribution in [0.1, 0.15) is 30.5 Å². The summed E-state index contributed by atoms with van der Waals surface area (Å²) in [5.41, 5.74) is 3.08. The summed E-state index contributed by atoms with van der Waals surface area (Å²) in [5, 5.41) is 0. The van der Waals surface area contributed by atoms with Crippen LogP contribution in [0.2, 0.25) is 0 Å². The minimum absolute atomic E-state index is 0.262. The third-order valence-corrected chi connectivity index (χ3v) is 7.73. The maximum Gasteiger partial charge on any atom is 0.303 e. The molecule has 1 saturated heterocycles. The molecule has 4 rings (SSSR count). The molecule has 0 bridgehead atoms. The van der Waals surface area contributed by atoms with Gasteiger partial charge in [-0.25, -0.2) is 0 Å². The lowest BCUT2D eigenvalue weighted by Gasteiger charge is -2.44. The first kappa shape index (κ1) is 28.4. The lowest BCUT2D eigenvalue weighted by Crippen LogP contribution is -2.54. The molecular weight excluding hydrogens is 503 g/mol. The Kier molecular flexibility index (Phi) is 11.3. The summed E-state index contributed by atoms with van der Waals surface area (Å²) < 4.78 is 37.1. The largest absolute Gasteiger partial charge is 0.450 e. The maximum absolute atomic E-state index is 12.1. The van der Waals surface area contributed by atoms with E-state index in [1.54, 1.807) is 0 Å². The van der Waals surface area contributed by atoms with Gasteiger partial charge in [0.25, 0.3) is 0 Å². The van der Waals surface area contributed by atoms with Gasteiger partial charge in [-0.1, -0.05) is 91.0 Å². The van der Waals surface area contributed by atoms with Gasteiger partial charge >= 0.3 is 5.97 Å². The van der Waals surface area contributed by atoms with Crippen LogP contribution in [-0.4, -0.2) is 43.3 Å². The van der Waals surface area contributed by atoms with Crippen LogP contribution in [0.25, 0.3) is 0 Å². The molecule has 1 aliphatic rings. The van der Waals surface area contributed by atoms with Crippen molar-refractivity contribution < 1.29 is 32.8 Å². The van der Waals surface area contributed by atoms with E-state index in [1.165, 1.54) is 6.92 Å². The van der Waals surface area contributed by atoms with Crippen molar-refractivity contribution in [2.45, 2.75) is 57.8 Å². The van der Waals surface area contributed by atoms with E-state index in [2.05, 4.69) is 0 Å². The van der Waals surface area contributed by atoms with E-state index >= 15 is 0 Å². The van der Waals surface area contributed by atoms with Gasteiger partial charge in [-0.3, -0.25) is 4.79 Å². The number of rotatable bonds is 13. The van der Waals surface area contributed by atoms with Crippen LogP contribution in [0.4, 0.5) is 0 Å². The predicted molar refractivity (Wildman–Crippen MR) is 145 cm³/mol. The van der Waals surface area contributed by atoms with Crippen molar-refractivity contribution >= 4 is 14.3 Å². The molecule has 5 atom stereocenters. The molecule has 0 radical (unpaired) electrons. The summed E-state index contributed by atoms with van der Waals surface area (Å²) in [5.74, 6) is -1.18. The Morgan fingerprint density at radius 3 is 1.76 bits per heavy atom. The molecule has 1 aliphatic heterocycles. The van der Waals surface area contributed by atoms with E-state index in [0.29, 0.717) is 26.4 Å². The zero-order valence-electron chi connectivity index (χ0n) is 21.8. The number of hydrogen-bond donors (Lipinski definition) is 0. The maximum atomic E-state index is 12.1. The molecule has 1 heterocycles. The Morgan fingerprint density at radius 2 is 1.26 bits per heavy atom. The van der Waals surface area contributed by atoms with Crippen molar-refractivity contribution in [1.29, 1.82) is 0 Å². The predicted octanol–water partition coefficient (Wildman–Crippen LogP) is 6.01. The summed E-state index contributed by atoms with van der Waals surface area (Å²) in [4.78, 5) is 12.1. The Labute approximate surface area is 225 Å². The quantitative estimate of drug-likeness (QED) is 0.195. The van der Waals surface area contributed by atoms with Gasteiger partial charge in [0, 0.05) is 6.92 Å². The topological polar surface area (TPSA) is 72.5 Å². The Balaban J connectivity index is 1.58. The normalized spacial score (nSPS) is 23.2. The SMILES string of the molecule is CCOP1O[C@H](COCc2ccccc2)[C@@H](OCc2ccccc2)[C@H](OCc2ccccc2)[C@@H]1OC(C)=O. The van der Waals surface area contributed by atoms with Gasteiger partial charge in [0.05, 0.1) is 33.0 Å². The number of ether oxygens (including phenoxy) is 4. The highest BCUT2D eigenvalue weighted by Gasteiger charge is 2.51. The molecule has 0 amide bonds. The average molecular weight is 539 g/mol. The molecule has 7 nitrogen and oxygen atoms in total. The number of esters is 1. The van der Waals surface area contributed by atoms with Crippen molar-refractivity contribution in [3.63, 3.8) is 0 Å². The van der Waals surface area contributed by atoms with E-state index < -0.39 is 38.5 Å². The Hall–Kier alpha value is -2.64. The standard InChI is InChI=1S/C30H35O7P/c1-3-35-38-30(36-23(2)31)29(34-21-26-17-11-6-12-18-26)28(33-20-25-15-9-5-10-16-25)27(37-38)22-32-19-24-13-7-4-8-14-24/h4-18,27-30H,3,19-22H2,1-2H3/t27-,28-,29+,30-,38?/m1/s1. The molecule has 8 heteroatoms. The minimum atomic E-state index is -1.62. The average Bonchev–Trinajstić information content (AvgIpc) is 2.94. The van der Waals surface area contributed by atoms with E-state index in [1.807, 2.05) is 97.9 Å². The first-order valence-corrected chi connectivity index (χ1v) is 14.1. The molecule has 0 aromatic heterocycles. The van der Waals surface area contributed by atoms with Crippen LogP contribution in [-0.2, 0) is 52.6 Å². The molecule has 0 saturated carbocycles. The van der Waals surface area contributed by atoms with Gasteiger partial charge in [0.1, 0.15) is 18.3 Å². The molecule has 0 spiro atoms. The number of benzene rings is 3. The van der Waals surface area contributed by atoms with Gasteiger partial charge in [0.2, 0.25) is 8.38 Å². The molecular formula is C30H35O7P. The van der Waals surface area contributed by atoms with Crippen LogP contribution < -0.4 is 0 Å². The number of carbonyl (C=O) groups excluding carboxylic acids is 1. The zero-order valence-corrected chi connectivity index (χ0v) is 22.7. The van der Waals surface area contributed by atoms with Gasteiger partial charge in [0.15, 0.2) is 5.85 Å². The highest BCUT2D eigenvalue weighted by atomic mass is 31.2. The summed E-state index contributed by atoms with van der Waals surface area (Å²) in [7, 11) is -1.62. The van der Waals surface area contributed by atoms with E-state index in [4.69, 9.17) is 28.0 Å². The summed E-state index contributed by atoms with van der Waals surface area (Å²) in [6, 6.07) is 29.7. The smallest absolute Gasteiger partial charge is 0.303 e. The van der Waals surface area contributed by atoms with Crippen molar-refractivity contribution in [2.75, 3.05) is 13.2 Å². The molecule has 3 aromatic rings. The fraction of sp³-hybridized carbons (Fsp3) is 0.367. The summed E-state index contributed by atoms with van der Waals surface area (Å²) >= 11 is 0. The first-order valence-electron chi connectivity index (χ1n) is 12.8. The lowest BCUT2D eigenvalue weighted by atomic mass is 10.1. The Bertz CT molecular complexity index is 1080. The highest BCUT2D eigenvalue weighted by molar-refractivity contribution is 7.48. The molecule has 1 unspecified atom stereocenters. The Morgan fingerprint density at radius 1 is 0.763 bits per heavy atom. The number of carbonyl (C=O) groups is 1. The fourth-order valence-corrected chi connectivity index (χ4v) is 5.92. The molecule has 3 aromatic carbocycles. The third kappa shape index (κ3) is 8.43. The molecule has 1 fully saturated rings. The van der Waals surface area contributed by atoms with Crippen LogP contribution in [0.15, 0.2) is 91.0 Å². The van der Waals surface area contributed by atoms with Crippen molar-refractivity contribution in [2.24, 2.45) is 0 Å². The highest BCUT2D eigenvalue weighted by Crippen LogP contribution is 2.53. The second-order valence-corrected chi connectivity index (χ2v) is 10.4. The van der Waals surface area contributed by atoms with Crippen molar-refractivity contribution in [3.05, 3.63) is 108 Å². The van der Waals surface area contributed by atoms with Gasteiger partial charge in [-0.15, -0.1) is 0 Å². The molecule has 0 N–H and O–H groups in total. The monoisotopic (exact) mass is 538 g/mol. The summed E-state index contributed by atoms with van der Waals surface area (Å²) in [6.07, 6.45) is -1.69. The van der Waals surface area contributed by atoms with E-state index in [-0.39, 0.29) is 6.61 Å². The third-order valence-electron chi connectivity index (χ3n) is 5.93. The van der Waals surface area contributed by atoms with Gasteiger partial charge in [-0.2, -0.15) is 0 Å². The van der Waals surface area contributed by atoms with Crippen LogP contribution in [0.3, 0.4) is 0 Å². The van der Waals surface area contributed by atoms with Gasteiger partial charge < -0.3 is 28.0 Å². The lowest BCUT2D eigenvalue weighted by molar-refractivity contribution is -0.189. The molecule has 202 valence electrons. The first-order chi connectivity index (χ1) is 18.6. The minimum Gasteiger partial charge on any atom is -0.450 e. The van der Waals surface area contributed by atoms with E-state index in [9.17, 15) is 4.79 Å².